The summed E-state index contributed by atoms with van der Waals surface area (Å²) in [7, 11) is 0. The molecular formula is C13H15BrN4O5. The third-order valence-corrected chi connectivity index (χ3v) is 4.17. The van der Waals surface area contributed by atoms with Crippen molar-refractivity contribution in [2.45, 2.75) is 31.5 Å². The average Bonchev–Trinajstić information content (AvgIpc) is 3.01. The summed E-state index contributed by atoms with van der Waals surface area (Å²) in [6, 6.07) is 1.59. The number of carbonyl (C=O) groups excluding carboxylic acids is 1. The molecule has 0 spiro atoms. The molecule has 0 radical (unpaired) electrons. The second-order valence-electron chi connectivity index (χ2n) is 5.23. The van der Waals surface area contributed by atoms with Crippen molar-refractivity contribution < 1.29 is 24.9 Å². The van der Waals surface area contributed by atoms with Gasteiger partial charge in [-0.25, -0.2) is 9.97 Å². The summed E-state index contributed by atoms with van der Waals surface area (Å²) in [4.78, 5) is 19.6. The molecule has 2 aromatic heterocycles. The van der Waals surface area contributed by atoms with Crippen molar-refractivity contribution in [1.29, 1.82) is 0 Å². The predicted octanol–water partition coefficient (Wildman–Crippen LogP) is -0.236. The largest absolute Gasteiger partial charge is 0.394 e. The molecule has 1 saturated heterocycles. The lowest BCUT2D eigenvalue weighted by molar-refractivity contribution is -0.114. The summed E-state index contributed by atoms with van der Waals surface area (Å²) in [5.41, 5.74) is 1.06. The number of rotatable bonds is 3. The van der Waals surface area contributed by atoms with Crippen molar-refractivity contribution in [2.24, 2.45) is 0 Å². The van der Waals surface area contributed by atoms with E-state index in [-0.39, 0.29) is 5.91 Å². The molecule has 124 valence electrons. The third-order valence-electron chi connectivity index (χ3n) is 3.61. The fourth-order valence-corrected chi connectivity index (χ4v) is 3.05. The van der Waals surface area contributed by atoms with Crippen LogP contribution in [0.1, 0.15) is 13.2 Å². The van der Waals surface area contributed by atoms with Gasteiger partial charge in [-0.15, -0.1) is 0 Å². The van der Waals surface area contributed by atoms with Gasteiger partial charge in [-0.3, -0.25) is 4.79 Å². The number of fused-ring (bicyclic) bond motifs is 1. The minimum Gasteiger partial charge on any atom is -0.394 e. The first-order valence-corrected chi connectivity index (χ1v) is 7.64. The van der Waals surface area contributed by atoms with Gasteiger partial charge < -0.3 is 29.9 Å². The molecular weight excluding hydrogens is 372 g/mol. The zero-order valence-electron chi connectivity index (χ0n) is 12.0. The van der Waals surface area contributed by atoms with Gasteiger partial charge in [-0.1, -0.05) is 0 Å². The molecule has 0 bridgehead atoms. The molecule has 1 amide bonds. The van der Waals surface area contributed by atoms with Crippen LogP contribution in [-0.2, 0) is 9.53 Å². The lowest BCUT2D eigenvalue weighted by Crippen LogP contribution is -2.33. The second kappa shape index (κ2) is 6.13. The number of amides is 1. The number of imidazole rings is 1. The zero-order valence-corrected chi connectivity index (χ0v) is 13.6. The molecule has 3 rings (SSSR count). The number of aliphatic hydroxyl groups is 3. The van der Waals surface area contributed by atoms with E-state index in [2.05, 4.69) is 31.2 Å². The molecule has 1 aliphatic rings. The molecule has 1 fully saturated rings. The molecule has 4 unspecified atom stereocenters. The van der Waals surface area contributed by atoms with Gasteiger partial charge in [0.25, 0.3) is 0 Å². The van der Waals surface area contributed by atoms with Crippen molar-refractivity contribution in [3.63, 3.8) is 0 Å². The van der Waals surface area contributed by atoms with Crippen molar-refractivity contribution in [3.05, 3.63) is 17.0 Å². The van der Waals surface area contributed by atoms with Gasteiger partial charge in [0.05, 0.1) is 18.5 Å². The van der Waals surface area contributed by atoms with Crippen LogP contribution in [0.25, 0.3) is 11.0 Å². The number of ether oxygens (including phenoxy) is 1. The maximum atomic E-state index is 11.2. The maximum absolute atomic E-state index is 11.2. The number of pyridine rings is 1. The summed E-state index contributed by atoms with van der Waals surface area (Å²) >= 11 is 3.28. The van der Waals surface area contributed by atoms with Crippen molar-refractivity contribution in [1.82, 2.24) is 14.5 Å². The van der Waals surface area contributed by atoms with E-state index in [0.717, 1.165) is 0 Å². The Bertz CT molecular complexity index is 751. The van der Waals surface area contributed by atoms with E-state index in [1.165, 1.54) is 17.8 Å². The fraction of sp³-hybridized carbons (Fsp3) is 0.462. The van der Waals surface area contributed by atoms with E-state index in [0.29, 0.717) is 21.5 Å². The average molecular weight is 387 g/mol. The van der Waals surface area contributed by atoms with Gasteiger partial charge in [0, 0.05) is 13.0 Å². The Kier molecular flexibility index (Phi) is 4.34. The molecule has 0 aliphatic carbocycles. The lowest BCUT2D eigenvalue weighted by Gasteiger charge is -2.17. The Morgan fingerprint density at radius 2 is 2.22 bits per heavy atom. The van der Waals surface area contributed by atoms with E-state index in [1.807, 2.05) is 0 Å². The van der Waals surface area contributed by atoms with E-state index >= 15 is 0 Å². The van der Waals surface area contributed by atoms with Crippen molar-refractivity contribution >= 4 is 38.7 Å². The molecule has 9 nitrogen and oxygen atoms in total. The Morgan fingerprint density at radius 3 is 2.83 bits per heavy atom. The molecule has 4 atom stereocenters. The van der Waals surface area contributed by atoms with E-state index < -0.39 is 31.1 Å². The smallest absolute Gasteiger partial charge is 0.222 e. The number of anilines is 1. The molecule has 2 aromatic rings. The standard InChI is InChI=1S/C13H15BrN4O5/c1-5(20)16-8-2-6-9(12(14)17-8)15-4-18(6)13-11(22)10(21)7(3-19)23-13/h2,4,7,10-11,13,19,21-22H,3H2,1H3,(H,16,17,20). The maximum Gasteiger partial charge on any atom is 0.222 e. The van der Waals surface area contributed by atoms with Gasteiger partial charge in [0.15, 0.2) is 6.23 Å². The highest BCUT2D eigenvalue weighted by molar-refractivity contribution is 9.10. The molecule has 10 heteroatoms. The zero-order chi connectivity index (χ0) is 16.7. The van der Waals surface area contributed by atoms with Crippen molar-refractivity contribution in [3.8, 4) is 0 Å². The molecule has 4 N–H and O–H groups in total. The summed E-state index contributed by atoms with van der Waals surface area (Å²) in [5.74, 6) is 0.0353. The van der Waals surface area contributed by atoms with E-state index in [9.17, 15) is 20.1 Å². The van der Waals surface area contributed by atoms with Crippen LogP contribution in [0.15, 0.2) is 17.0 Å². The van der Waals surface area contributed by atoms with Crippen LogP contribution in [0.2, 0.25) is 0 Å². The van der Waals surface area contributed by atoms with Gasteiger partial charge in [-0.05, 0) is 15.9 Å². The topological polar surface area (TPSA) is 130 Å². The minimum atomic E-state index is -1.22. The number of hydrogen-bond donors (Lipinski definition) is 4. The number of hydrogen-bond acceptors (Lipinski definition) is 7. The van der Waals surface area contributed by atoms with Crippen LogP contribution >= 0.6 is 15.9 Å². The quantitative estimate of drug-likeness (QED) is 0.535. The highest BCUT2D eigenvalue weighted by Crippen LogP contribution is 2.33. The monoisotopic (exact) mass is 386 g/mol. The summed E-state index contributed by atoms with van der Waals surface area (Å²) in [6.07, 6.45) is -2.78. The van der Waals surface area contributed by atoms with Gasteiger partial charge >= 0.3 is 0 Å². The Hall–Kier alpha value is -1.59. The van der Waals surface area contributed by atoms with Gasteiger partial charge in [0.2, 0.25) is 5.91 Å². The number of aromatic nitrogens is 3. The number of aliphatic hydroxyl groups excluding tert-OH is 3. The minimum absolute atomic E-state index is 0.275. The van der Waals surface area contributed by atoms with Crippen LogP contribution in [0, 0.1) is 0 Å². The van der Waals surface area contributed by atoms with E-state index in [4.69, 9.17) is 4.74 Å². The Balaban J connectivity index is 2.05. The molecule has 23 heavy (non-hydrogen) atoms. The highest BCUT2D eigenvalue weighted by atomic mass is 79.9. The number of halogens is 1. The van der Waals surface area contributed by atoms with Gasteiger partial charge in [-0.2, -0.15) is 0 Å². The Morgan fingerprint density at radius 1 is 1.48 bits per heavy atom. The normalized spacial score (nSPS) is 27.5. The Labute approximate surface area is 139 Å². The number of nitrogens with one attached hydrogen (secondary N) is 1. The number of carbonyl (C=O) groups is 1. The molecule has 1 aliphatic heterocycles. The van der Waals surface area contributed by atoms with Crippen molar-refractivity contribution in [2.75, 3.05) is 11.9 Å². The van der Waals surface area contributed by atoms with Crippen LogP contribution in [0.5, 0.6) is 0 Å². The summed E-state index contributed by atoms with van der Waals surface area (Å²) < 4.78 is 7.44. The molecule has 3 heterocycles. The molecule has 0 saturated carbocycles. The van der Waals surface area contributed by atoms with Gasteiger partial charge in [0.1, 0.15) is 34.2 Å². The predicted molar refractivity (Wildman–Crippen MR) is 82.5 cm³/mol. The van der Waals surface area contributed by atoms with Crippen LogP contribution in [0.3, 0.4) is 0 Å². The summed E-state index contributed by atoms with van der Waals surface area (Å²) in [6.45, 7) is 0.951. The van der Waals surface area contributed by atoms with Crippen LogP contribution < -0.4 is 5.32 Å². The highest BCUT2D eigenvalue weighted by Gasteiger charge is 2.43. The number of nitrogens with zero attached hydrogens (tertiary/aromatic N) is 3. The molecule has 0 aromatic carbocycles. The van der Waals surface area contributed by atoms with Crippen LogP contribution in [0.4, 0.5) is 5.82 Å². The second-order valence-corrected chi connectivity index (χ2v) is 5.98. The SMILES string of the molecule is CC(=O)Nc1cc2c(ncn2C2OC(CO)C(O)C2O)c(Br)n1. The fourth-order valence-electron chi connectivity index (χ4n) is 2.55. The first-order valence-electron chi connectivity index (χ1n) is 6.85. The lowest BCUT2D eigenvalue weighted by atomic mass is 10.1. The van der Waals surface area contributed by atoms with E-state index in [1.54, 1.807) is 6.07 Å². The third kappa shape index (κ3) is 2.83. The van der Waals surface area contributed by atoms with Crippen LogP contribution in [-0.4, -0.2) is 60.7 Å². The summed E-state index contributed by atoms with van der Waals surface area (Å²) in [5, 5.41) is 31.8. The first kappa shape index (κ1) is 16.3. The first-order chi connectivity index (χ1) is 10.9.